The van der Waals surface area contributed by atoms with Crippen LogP contribution in [-0.2, 0) is 0 Å². The summed E-state index contributed by atoms with van der Waals surface area (Å²) in [4.78, 5) is 0. The van der Waals surface area contributed by atoms with Crippen molar-refractivity contribution in [2.45, 2.75) is 45.8 Å². The zero-order chi connectivity index (χ0) is 14.4. The molecule has 0 aliphatic carbocycles. The second kappa shape index (κ2) is 8.08. The van der Waals surface area contributed by atoms with Crippen LogP contribution < -0.4 is 10.1 Å². The van der Waals surface area contributed by atoms with E-state index >= 15 is 0 Å². The van der Waals surface area contributed by atoms with Crippen LogP contribution in [0.5, 0.6) is 5.75 Å². The molecule has 0 bridgehead atoms. The molecule has 0 aromatic heterocycles. The van der Waals surface area contributed by atoms with Gasteiger partial charge in [-0.1, -0.05) is 25.4 Å². The van der Waals surface area contributed by atoms with E-state index in [1.807, 2.05) is 6.92 Å². The van der Waals surface area contributed by atoms with Gasteiger partial charge in [0.1, 0.15) is 11.6 Å². The van der Waals surface area contributed by atoms with E-state index in [9.17, 15) is 4.39 Å². The van der Waals surface area contributed by atoms with Gasteiger partial charge in [-0.2, -0.15) is 0 Å². The standard InChI is InChI=1S/C14H20BrClFNO/c1-9(2)18-6-4-5-10(3)19-14-8-13(17)12(16)7-11(14)15/h7-10,18H,4-6H2,1-3H3. The van der Waals surface area contributed by atoms with Crippen molar-refractivity contribution >= 4 is 27.5 Å². The topological polar surface area (TPSA) is 21.3 Å². The van der Waals surface area contributed by atoms with E-state index in [4.69, 9.17) is 16.3 Å². The number of rotatable bonds is 7. The second-order valence-electron chi connectivity index (χ2n) is 4.88. The Hall–Kier alpha value is -0.320. The predicted octanol–water partition coefficient (Wildman–Crippen LogP) is 4.79. The molecular formula is C14H20BrClFNO. The summed E-state index contributed by atoms with van der Waals surface area (Å²) in [5.74, 6) is 0.0276. The van der Waals surface area contributed by atoms with Gasteiger partial charge < -0.3 is 10.1 Å². The Bertz CT molecular complexity index is 415. The molecule has 0 saturated carbocycles. The van der Waals surface area contributed by atoms with E-state index < -0.39 is 5.82 Å². The molecule has 0 aliphatic heterocycles. The van der Waals surface area contributed by atoms with Crippen molar-refractivity contribution in [3.05, 3.63) is 27.4 Å². The van der Waals surface area contributed by atoms with Crippen LogP contribution in [0.15, 0.2) is 16.6 Å². The Balaban J connectivity index is 2.44. The number of hydrogen-bond donors (Lipinski definition) is 1. The lowest BCUT2D eigenvalue weighted by Gasteiger charge is -2.17. The minimum atomic E-state index is -0.464. The van der Waals surface area contributed by atoms with Crippen LogP contribution in [0, 0.1) is 5.82 Å². The molecule has 1 unspecified atom stereocenters. The Morgan fingerprint density at radius 3 is 2.68 bits per heavy atom. The molecule has 19 heavy (non-hydrogen) atoms. The molecule has 0 heterocycles. The zero-order valence-electron chi connectivity index (χ0n) is 11.5. The highest BCUT2D eigenvalue weighted by Crippen LogP contribution is 2.31. The van der Waals surface area contributed by atoms with Crippen molar-refractivity contribution in [3.8, 4) is 5.75 Å². The molecule has 1 aromatic carbocycles. The molecule has 5 heteroatoms. The average Bonchev–Trinajstić information content (AvgIpc) is 2.31. The first-order valence-electron chi connectivity index (χ1n) is 6.44. The predicted molar refractivity (Wildman–Crippen MR) is 81.6 cm³/mol. The Labute approximate surface area is 127 Å². The SMILES string of the molecule is CC(C)NCCCC(C)Oc1cc(F)c(Cl)cc1Br. The summed E-state index contributed by atoms with van der Waals surface area (Å²) in [6.45, 7) is 7.18. The highest BCUT2D eigenvalue weighted by molar-refractivity contribution is 9.10. The van der Waals surface area contributed by atoms with Crippen molar-refractivity contribution in [3.63, 3.8) is 0 Å². The van der Waals surface area contributed by atoms with Crippen LogP contribution >= 0.6 is 27.5 Å². The third-order valence-electron chi connectivity index (χ3n) is 2.64. The van der Waals surface area contributed by atoms with Crippen LogP contribution in [0.4, 0.5) is 4.39 Å². The highest BCUT2D eigenvalue weighted by atomic mass is 79.9. The summed E-state index contributed by atoms with van der Waals surface area (Å²) < 4.78 is 19.7. The third kappa shape index (κ3) is 6.11. The summed E-state index contributed by atoms with van der Waals surface area (Å²) in [5.41, 5.74) is 0. The van der Waals surface area contributed by atoms with Crippen LogP contribution in [0.1, 0.15) is 33.6 Å². The molecule has 0 radical (unpaired) electrons. The van der Waals surface area contributed by atoms with Gasteiger partial charge in [0.05, 0.1) is 15.6 Å². The first-order valence-corrected chi connectivity index (χ1v) is 7.61. The fourth-order valence-corrected chi connectivity index (χ4v) is 2.38. The summed E-state index contributed by atoms with van der Waals surface area (Å²) in [6.07, 6.45) is 1.97. The fraction of sp³-hybridized carbons (Fsp3) is 0.571. The quantitative estimate of drug-likeness (QED) is 0.563. The summed E-state index contributed by atoms with van der Waals surface area (Å²) >= 11 is 9.01. The maximum Gasteiger partial charge on any atom is 0.145 e. The lowest BCUT2D eigenvalue weighted by Crippen LogP contribution is -2.25. The first kappa shape index (κ1) is 16.7. The zero-order valence-corrected chi connectivity index (χ0v) is 13.8. The molecule has 108 valence electrons. The van der Waals surface area contributed by atoms with Gasteiger partial charge in [-0.25, -0.2) is 4.39 Å². The molecule has 0 spiro atoms. The molecule has 0 fully saturated rings. The summed E-state index contributed by atoms with van der Waals surface area (Å²) in [6, 6.07) is 3.32. The van der Waals surface area contributed by atoms with E-state index in [1.54, 1.807) is 0 Å². The molecule has 0 amide bonds. The molecule has 1 N–H and O–H groups in total. The van der Waals surface area contributed by atoms with Crippen molar-refractivity contribution in [1.29, 1.82) is 0 Å². The minimum Gasteiger partial charge on any atom is -0.489 e. The van der Waals surface area contributed by atoms with Crippen LogP contribution in [0.25, 0.3) is 0 Å². The minimum absolute atomic E-state index is 0.0332. The van der Waals surface area contributed by atoms with Crippen molar-refractivity contribution in [2.24, 2.45) is 0 Å². The molecule has 1 aromatic rings. The Kier molecular flexibility index (Phi) is 7.11. The fourth-order valence-electron chi connectivity index (χ4n) is 1.65. The summed E-state index contributed by atoms with van der Waals surface area (Å²) in [7, 11) is 0. The number of ether oxygens (including phenoxy) is 1. The van der Waals surface area contributed by atoms with Gasteiger partial charge in [0.15, 0.2) is 0 Å². The van der Waals surface area contributed by atoms with E-state index in [2.05, 4.69) is 35.1 Å². The van der Waals surface area contributed by atoms with Gasteiger partial charge in [0.2, 0.25) is 0 Å². The Morgan fingerprint density at radius 1 is 1.37 bits per heavy atom. The first-order chi connectivity index (χ1) is 8.90. The number of halogens is 3. The molecule has 0 saturated heterocycles. The van der Waals surface area contributed by atoms with Crippen LogP contribution in [0.2, 0.25) is 5.02 Å². The third-order valence-corrected chi connectivity index (χ3v) is 3.55. The number of nitrogens with one attached hydrogen (secondary N) is 1. The van der Waals surface area contributed by atoms with Crippen LogP contribution in [0.3, 0.4) is 0 Å². The van der Waals surface area contributed by atoms with Crippen molar-refractivity contribution in [2.75, 3.05) is 6.54 Å². The maximum atomic E-state index is 13.4. The molecule has 2 nitrogen and oxygen atoms in total. The van der Waals surface area contributed by atoms with Crippen molar-refractivity contribution < 1.29 is 9.13 Å². The van der Waals surface area contributed by atoms with E-state index in [0.29, 0.717) is 16.3 Å². The van der Waals surface area contributed by atoms with E-state index in [0.717, 1.165) is 19.4 Å². The molecule has 0 aliphatic rings. The smallest absolute Gasteiger partial charge is 0.145 e. The van der Waals surface area contributed by atoms with Crippen LogP contribution in [-0.4, -0.2) is 18.7 Å². The van der Waals surface area contributed by atoms with E-state index in [1.165, 1.54) is 12.1 Å². The normalized spacial score (nSPS) is 12.8. The molecule has 1 rings (SSSR count). The average molecular weight is 353 g/mol. The molecule has 1 atom stereocenters. The largest absolute Gasteiger partial charge is 0.489 e. The van der Waals surface area contributed by atoms with Crippen molar-refractivity contribution in [1.82, 2.24) is 5.32 Å². The Morgan fingerprint density at radius 2 is 2.05 bits per heavy atom. The van der Waals surface area contributed by atoms with Gasteiger partial charge in [-0.3, -0.25) is 0 Å². The van der Waals surface area contributed by atoms with Gasteiger partial charge >= 0.3 is 0 Å². The lowest BCUT2D eigenvalue weighted by molar-refractivity contribution is 0.205. The number of benzene rings is 1. The highest BCUT2D eigenvalue weighted by Gasteiger charge is 2.11. The molecular weight excluding hydrogens is 333 g/mol. The van der Waals surface area contributed by atoms with Gasteiger partial charge in [0, 0.05) is 12.1 Å². The summed E-state index contributed by atoms with van der Waals surface area (Å²) in [5, 5.41) is 3.44. The maximum absolute atomic E-state index is 13.4. The van der Waals surface area contributed by atoms with E-state index in [-0.39, 0.29) is 11.1 Å². The van der Waals surface area contributed by atoms with Gasteiger partial charge in [0.25, 0.3) is 0 Å². The monoisotopic (exact) mass is 351 g/mol. The second-order valence-corrected chi connectivity index (χ2v) is 6.14. The van der Waals surface area contributed by atoms with Gasteiger partial charge in [-0.05, 0) is 48.3 Å². The van der Waals surface area contributed by atoms with Gasteiger partial charge in [-0.15, -0.1) is 0 Å². The number of hydrogen-bond acceptors (Lipinski definition) is 2. The lowest BCUT2D eigenvalue weighted by atomic mass is 10.2.